The number of carbonyl (C=O) groups excluding carboxylic acids is 1. The number of amides is 1. The van der Waals surface area contributed by atoms with Crippen LogP contribution < -0.4 is 15.0 Å². The third-order valence-electron chi connectivity index (χ3n) is 2.82. The van der Waals surface area contributed by atoms with Gasteiger partial charge in [-0.1, -0.05) is 28.7 Å². The van der Waals surface area contributed by atoms with E-state index < -0.39 is 6.09 Å². The van der Waals surface area contributed by atoms with E-state index in [9.17, 15) is 4.79 Å². The van der Waals surface area contributed by atoms with E-state index in [1.165, 1.54) is 12.0 Å². The van der Waals surface area contributed by atoms with Gasteiger partial charge in [0.25, 0.3) is 0 Å². The normalized spacial score (nSPS) is 13.0. The minimum atomic E-state index is -0.432. The zero-order valence-corrected chi connectivity index (χ0v) is 13.2. The first-order chi connectivity index (χ1) is 8.70. The molecular formula is C13H19IN2O2. The molecule has 0 fully saturated rings. The number of aryl methyl sites for hydroxylation is 1. The van der Waals surface area contributed by atoms with Crippen LogP contribution in [0.2, 0.25) is 0 Å². The van der Waals surface area contributed by atoms with E-state index in [1.54, 1.807) is 7.05 Å². The summed E-state index contributed by atoms with van der Waals surface area (Å²) >= 11 is 2.15. The number of fused-ring (bicyclic) bond motifs is 1. The fourth-order valence-corrected chi connectivity index (χ4v) is 1.96. The molecule has 0 spiro atoms. The fraction of sp³-hybridized carbons (Fsp3) is 0.462. The molecule has 0 bridgehead atoms. The van der Waals surface area contributed by atoms with Gasteiger partial charge < -0.3 is 15.0 Å². The third-order valence-corrected chi connectivity index (χ3v) is 2.82. The van der Waals surface area contributed by atoms with Crippen LogP contribution in [0.3, 0.4) is 0 Å². The average molecular weight is 362 g/mol. The van der Waals surface area contributed by atoms with Crippen LogP contribution in [0.1, 0.15) is 12.0 Å². The number of carbonyl (C=O) groups is 1. The lowest BCUT2D eigenvalue weighted by atomic mass is 10.0. The molecule has 1 aromatic rings. The Bertz CT molecular complexity index is 410. The monoisotopic (exact) mass is 362 g/mol. The molecule has 0 aromatic heterocycles. The van der Waals surface area contributed by atoms with Gasteiger partial charge in [0, 0.05) is 32.4 Å². The number of hydrogen-bond donors (Lipinski definition) is 1. The molecule has 1 aliphatic heterocycles. The number of anilines is 1. The zero-order chi connectivity index (χ0) is 13.5. The van der Waals surface area contributed by atoms with Crippen LogP contribution in [0, 0.1) is 0 Å². The van der Waals surface area contributed by atoms with Crippen LogP contribution in [-0.4, -0.2) is 31.7 Å². The minimum Gasteiger partial charge on any atom is -0.410 e. The largest absolute Gasteiger partial charge is 0.412 e. The maximum absolute atomic E-state index is 11.1. The zero-order valence-electron chi connectivity index (χ0n) is 11.0. The maximum atomic E-state index is 11.1. The van der Waals surface area contributed by atoms with E-state index in [4.69, 9.17) is 4.74 Å². The summed E-state index contributed by atoms with van der Waals surface area (Å²) in [7, 11) is 3.61. The quantitative estimate of drug-likeness (QED) is 0.617. The van der Waals surface area contributed by atoms with Crippen LogP contribution in [-0.2, 0) is 6.42 Å². The molecule has 100 valence electrons. The Morgan fingerprint density at radius 1 is 1.44 bits per heavy atom. The smallest absolute Gasteiger partial charge is 0.410 e. The summed E-state index contributed by atoms with van der Waals surface area (Å²) in [5.41, 5.74) is 2.48. The predicted octanol–water partition coefficient (Wildman–Crippen LogP) is 2.84. The van der Waals surface area contributed by atoms with Gasteiger partial charge in [0.15, 0.2) is 0 Å². The maximum Gasteiger partial charge on any atom is 0.412 e. The number of benzene rings is 1. The first kappa shape index (κ1) is 15.1. The topological polar surface area (TPSA) is 41.6 Å². The Morgan fingerprint density at radius 2 is 2.17 bits per heavy atom. The Hall–Kier alpha value is -0.980. The van der Waals surface area contributed by atoms with E-state index in [0.717, 1.165) is 18.7 Å². The highest BCUT2D eigenvalue weighted by atomic mass is 127. The second-order valence-corrected chi connectivity index (χ2v) is 3.96. The molecular weight excluding hydrogens is 343 g/mol. The second-order valence-electron chi connectivity index (χ2n) is 3.96. The van der Waals surface area contributed by atoms with Crippen molar-refractivity contribution in [2.24, 2.45) is 0 Å². The van der Waals surface area contributed by atoms with Gasteiger partial charge in [0.05, 0.1) is 0 Å². The number of nitrogens with one attached hydrogen (secondary N) is 1. The van der Waals surface area contributed by atoms with Crippen LogP contribution in [0.4, 0.5) is 10.5 Å². The number of rotatable bonds is 1. The standard InChI is InChI=1S/C12H16N2O2.CH3I/c1-13-12(15)16-10-6-5-9-4-3-7-14(2)11(9)8-10;1-2/h5-6,8H,3-4,7H2,1-2H3,(H,13,15);1H3. The summed E-state index contributed by atoms with van der Waals surface area (Å²) in [5.74, 6) is 0.590. The number of alkyl halides is 1. The third kappa shape index (κ3) is 3.76. The van der Waals surface area contributed by atoms with Gasteiger partial charge in [-0.05, 0) is 29.4 Å². The van der Waals surface area contributed by atoms with Crippen molar-refractivity contribution in [1.29, 1.82) is 0 Å². The lowest BCUT2D eigenvalue weighted by molar-refractivity contribution is 0.203. The molecule has 0 radical (unpaired) electrons. The van der Waals surface area contributed by atoms with Gasteiger partial charge in [-0.15, -0.1) is 0 Å². The first-order valence-corrected chi connectivity index (χ1v) is 7.98. The molecule has 5 heteroatoms. The predicted molar refractivity (Wildman–Crippen MR) is 83.1 cm³/mol. The molecule has 18 heavy (non-hydrogen) atoms. The van der Waals surface area contributed by atoms with Crippen LogP contribution in [0.25, 0.3) is 0 Å². The number of halogens is 1. The number of nitrogens with zero attached hydrogens (tertiary/aromatic N) is 1. The highest BCUT2D eigenvalue weighted by Crippen LogP contribution is 2.29. The Kier molecular flexibility index (Phi) is 6.24. The molecule has 1 amide bonds. The SMILES string of the molecule is CI.CNC(=O)Oc1ccc2c(c1)N(C)CCC2. The van der Waals surface area contributed by atoms with E-state index in [-0.39, 0.29) is 0 Å². The van der Waals surface area contributed by atoms with Crippen molar-refractivity contribution in [2.75, 3.05) is 30.5 Å². The molecule has 1 aliphatic rings. The second kappa shape index (κ2) is 7.45. The summed E-state index contributed by atoms with van der Waals surface area (Å²) in [6, 6.07) is 5.79. The summed E-state index contributed by atoms with van der Waals surface area (Å²) in [6.07, 6.45) is 1.84. The van der Waals surface area contributed by atoms with Crippen LogP contribution in [0.15, 0.2) is 18.2 Å². The highest BCUT2D eigenvalue weighted by Gasteiger charge is 2.14. The lowest BCUT2D eigenvalue weighted by Crippen LogP contribution is -2.25. The van der Waals surface area contributed by atoms with E-state index >= 15 is 0 Å². The molecule has 0 saturated carbocycles. The van der Waals surface area contributed by atoms with Gasteiger partial charge in [-0.2, -0.15) is 0 Å². The van der Waals surface area contributed by atoms with Gasteiger partial charge in [-0.3, -0.25) is 0 Å². The first-order valence-electron chi connectivity index (χ1n) is 5.82. The van der Waals surface area contributed by atoms with Crippen molar-refractivity contribution in [3.8, 4) is 5.75 Å². The average Bonchev–Trinajstić information content (AvgIpc) is 2.42. The summed E-state index contributed by atoms with van der Waals surface area (Å²) in [4.78, 5) is 15.2. The molecule has 1 aromatic carbocycles. The molecule has 0 unspecified atom stereocenters. The van der Waals surface area contributed by atoms with Crippen LogP contribution >= 0.6 is 22.6 Å². The van der Waals surface area contributed by atoms with Gasteiger partial charge >= 0.3 is 6.09 Å². The highest BCUT2D eigenvalue weighted by molar-refractivity contribution is 14.1. The van der Waals surface area contributed by atoms with Crippen molar-refractivity contribution in [2.45, 2.75) is 12.8 Å². The Balaban J connectivity index is 0.000000771. The van der Waals surface area contributed by atoms with Gasteiger partial charge in [-0.25, -0.2) is 4.79 Å². The van der Waals surface area contributed by atoms with Crippen molar-refractivity contribution >= 4 is 34.4 Å². The summed E-state index contributed by atoms with van der Waals surface area (Å²) < 4.78 is 5.10. The number of ether oxygens (including phenoxy) is 1. The van der Waals surface area contributed by atoms with E-state index in [2.05, 4.69) is 39.9 Å². The lowest BCUT2D eigenvalue weighted by Gasteiger charge is -2.27. The van der Waals surface area contributed by atoms with Crippen molar-refractivity contribution in [3.63, 3.8) is 0 Å². The summed E-state index contributed by atoms with van der Waals surface area (Å²) in [6.45, 7) is 1.05. The van der Waals surface area contributed by atoms with E-state index in [0.29, 0.717) is 5.75 Å². The van der Waals surface area contributed by atoms with Crippen molar-refractivity contribution in [1.82, 2.24) is 5.32 Å². The molecule has 1 heterocycles. The molecule has 2 rings (SSSR count). The Morgan fingerprint density at radius 3 is 2.83 bits per heavy atom. The molecule has 0 atom stereocenters. The van der Waals surface area contributed by atoms with Crippen LogP contribution in [0.5, 0.6) is 5.75 Å². The van der Waals surface area contributed by atoms with Crippen molar-refractivity contribution < 1.29 is 9.53 Å². The molecule has 1 N–H and O–H groups in total. The molecule has 0 aliphatic carbocycles. The summed E-state index contributed by atoms with van der Waals surface area (Å²) in [5, 5.41) is 2.43. The molecule has 4 nitrogen and oxygen atoms in total. The van der Waals surface area contributed by atoms with E-state index in [1.807, 2.05) is 23.1 Å². The molecule has 0 saturated heterocycles. The Labute approximate surface area is 122 Å². The van der Waals surface area contributed by atoms with Gasteiger partial charge in [0.1, 0.15) is 5.75 Å². The van der Waals surface area contributed by atoms with Gasteiger partial charge in [0.2, 0.25) is 0 Å². The minimum absolute atomic E-state index is 0.432. The fourth-order valence-electron chi connectivity index (χ4n) is 1.96. The number of hydrogen-bond acceptors (Lipinski definition) is 3. The van der Waals surface area contributed by atoms with Crippen molar-refractivity contribution in [3.05, 3.63) is 23.8 Å².